The van der Waals surface area contributed by atoms with Crippen molar-refractivity contribution in [2.24, 2.45) is 17.8 Å². The van der Waals surface area contributed by atoms with Gasteiger partial charge in [-0.25, -0.2) is 0 Å². The van der Waals surface area contributed by atoms with Gasteiger partial charge in [0.1, 0.15) is 0 Å². The second-order valence-corrected chi connectivity index (χ2v) is 10.8. The van der Waals surface area contributed by atoms with Crippen LogP contribution in [0.4, 0.5) is 5.69 Å². The Morgan fingerprint density at radius 3 is 2.25 bits per heavy atom. The van der Waals surface area contributed by atoms with Crippen molar-refractivity contribution in [1.29, 1.82) is 0 Å². The minimum absolute atomic E-state index is 0.0834. The molecule has 2 nitrogen and oxygen atoms in total. The fourth-order valence-corrected chi connectivity index (χ4v) is 9.09. The summed E-state index contributed by atoms with van der Waals surface area (Å²) in [6, 6.07) is 5.32. The molecule has 1 spiro atoms. The maximum atomic E-state index is 12.9. The summed E-state index contributed by atoms with van der Waals surface area (Å²) in [7, 11) is 0. The van der Waals surface area contributed by atoms with Crippen molar-refractivity contribution >= 4 is 58.3 Å². The number of thioether (sulfide) groups is 2. The van der Waals surface area contributed by atoms with Crippen LogP contribution in [-0.2, 0) is 4.79 Å². The lowest BCUT2D eigenvalue weighted by Crippen LogP contribution is -2.48. The number of hydrogen-bond donors (Lipinski definition) is 1. The Labute approximate surface area is 161 Å². The molecule has 2 bridgehead atoms. The molecule has 3 fully saturated rings. The monoisotopic (exact) mass is 401 g/mol. The molecular formula is C18H21Cl2NOS2. The Morgan fingerprint density at radius 2 is 1.67 bits per heavy atom. The van der Waals surface area contributed by atoms with E-state index in [0.29, 0.717) is 31.6 Å². The number of rotatable bonds is 2. The molecule has 6 heteroatoms. The molecule has 24 heavy (non-hydrogen) atoms. The summed E-state index contributed by atoms with van der Waals surface area (Å²) < 4.78 is 0.400. The lowest BCUT2D eigenvalue weighted by Gasteiger charge is -2.52. The van der Waals surface area contributed by atoms with E-state index in [1.54, 1.807) is 18.2 Å². The first kappa shape index (κ1) is 17.4. The van der Waals surface area contributed by atoms with Crippen LogP contribution in [-0.4, -0.2) is 21.5 Å². The second kappa shape index (κ2) is 6.94. The number of hydrogen-bond acceptors (Lipinski definition) is 3. The third-order valence-electron chi connectivity index (χ3n) is 5.70. The first-order chi connectivity index (χ1) is 11.6. The molecule has 1 aliphatic heterocycles. The van der Waals surface area contributed by atoms with Crippen LogP contribution in [0.1, 0.15) is 32.1 Å². The zero-order valence-corrected chi connectivity index (χ0v) is 16.5. The molecule has 1 aromatic carbocycles. The van der Waals surface area contributed by atoms with Gasteiger partial charge in [0.25, 0.3) is 0 Å². The molecule has 1 heterocycles. The smallest absolute Gasteiger partial charge is 0.227 e. The van der Waals surface area contributed by atoms with Crippen molar-refractivity contribution in [3.05, 3.63) is 28.2 Å². The number of halogens is 2. The predicted molar refractivity (Wildman–Crippen MR) is 106 cm³/mol. The largest absolute Gasteiger partial charge is 0.323 e. The van der Waals surface area contributed by atoms with Crippen molar-refractivity contribution in [3.8, 4) is 0 Å². The van der Waals surface area contributed by atoms with Gasteiger partial charge in [0.05, 0.1) is 19.8 Å². The summed E-state index contributed by atoms with van der Waals surface area (Å²) in [6.07, 6.45) is 5.87. The Balaban J connectivity index is 1.51. The number of amides is 1. The zero-order valence-electron chi connectivity index (χ0n) is 13.4. The molecule has 0 aromatic heterocycles. The zero-order chi connectivity index (χ0) is 16.7. The molecule has 1 aromatic rings. The molecular weight excluding hydrogens is 381 g/mol. The predicted octanol–water partition coefficient (Wildman–Crippen LogP) is 5.93. The van der Waals surface area contributed by atoms with Crippen molar-refractivity contribution in [1.82, 2.24) is 0 Å². The maximum absolute atomic E-state index is 12.9. The van der Waals surface area contributed by atoms with Gasteiger partial charge in [-0.3, -0.25) is 4.79 Å². The number of nitrogens with one attached hydrogen (secondary N) is 1. The van der Waals surface area contributed by atoms with E-state index in [4.69, 9.17) is 23.2 Å². The molecule has 2 atom stereocenters. The van der Waals surface area contributed by atoms with Gasteiger partial charge in [-0.2, -0.15) is 0 Å². The summed E-state index contributed by atoms with van der Waals surface area (Å²) in [5.74, 6) is 4.04. The summed E-state index contributed by atoms with van der Waals surface area (Å²) in [4.78, 5) is 12.9. The van der Waals surface area contributed by atoms with Crippen molar-refractivity contribution in [3.63, 3.8) is 0 Å². The topological polar surface area (TPSA) is 29.1 Å². The number of carbonyl (C=O) groups excluding carboxylic acids is 1. The van der Waals surface area contributed by atoms with E-state index in [9.17, 15) is 4.79 Å². The second-order valence-electron chi connectivity index (χ2n) is 7.00. The number of benzene rings is 1. The van der Waals surface area contributed by atoms with Crippen molar-refractivity contribution in [2.75, 3.05) is 16.8 Å². The molecule has 1 N–H and O–H groups in total. The van der Waals surface area contributed by atoms with Crippen molar-refractivity contribution < 1.29 is 4.79 Å². The normalized spacial score (nSPS) is 31.2. The van der Waals surface area contributed by atoms with E-state index < -0.39 is 0 Å². The fourth-order valence-electron chi connectivity index (χ4n) is 4.67. The fraction of sp³-hybridized carbons (Fsp3) is 0.611. The molecule has 130 valence electrons. The lowest BCUT2D eigenvalue weighted by molar-refractivity contribution is -0.122. The third kappa shape index (κ3) is 2.98. The van der Waals surface area contributed by atoms with Gasteiger partial charge >= 0.3 is 0 Å². The van der Waals surface area contributed by atoms with Crippen LogP contribution in [0.5, 0.6) is 0 Å². The molecule has 2 saturated carbocycles. The molecule has 4 rings (SSSR count). The summed E-state index contributed by atoms with van der Waals surface area (Å²) in [5.41, 5.74) is 0.556. The summed E-state index contributed by atoms with van der Waals surface area (Å²) in [5, 5.41) is 4.01. The minimum Gasteiger partial charge on any atom is -0.323 e. The van der Waals surface area contributed by atoms with Gasteiger partial charge in [0.15, 0.2) is 0 Å². The van der Waals surface area contributed by atoms with Gasteiger partial charge < -0.3 is 5.32 Å². The first-order valence-electron chi connectivity index (χ1n) is 8.63. The van der Waals surface area contributed by atoms with Crippen LogP contribution in [0.25, 0.3) is 0 Å². The van der Waals surface area contributed by atoms with Crippen LogP contribution in [0.3, 0.4) is 0 Å². The Morgan fingerprint density at radius 1 is 1.08 bits per heavy atom. The number of para-hydroxylation sites is 1. The van der Waals surface area contributed by atoms with E-state index in [2.05, 4.69) is 28.8 Å². The van der Waals surface area contributed by atoms with Gasteiger partial charge in [-0.1, -0.05) is 35.7 Å². The van der Waals surface area contributed by atoms with Crippen LogP contribution < -0.4 is 5.32 Å². The summed E-state index contributed by atoms with van der Waals surface area (Å²) >= 11 is 16.7. The highest BCUT2D eigenvalue weighted by molar-refractivity contribution is 8.21. The highest BCUT2D eigenvalue weighted by Gasteiger charge is 2.55. The molecule has 2 unspecified atom stereocenters. The highest BCUT2D eigenvalue weighted by atomic mass is 35.5. The quantitative estimate of drug-likeness (QED) is 0.664. The molecule has 1 saturated heterocycles. The van der Waals surface area contributed by atoms with E-state index in [-0.39, 0.29) is 11.8 Å². The van der Waals surface area contributed by atoms with Gasteiger partial charge in [0, 0.05) is 17.4 Å². The van der Waals surface area contributed by atoms with Crippen LogP contribution in [0.15, 0.2) is 18.2 Å². The van der Waals surface area contributed by atoms with Crippen LogP contribution in [0, 0.1) is 17.8 Å². The van der Waals surface area contributed by atoms with Gasteiger partial charge in [0.2, 0.25) is 5.91 Å². The SMILES string of the molecule is O=C(Nc1c(Cl)cccc1Cl)C1CC2CCCC(C1)C21SCCS1. The Bertz CT molecular complexity index is 612. The highest BCUT2D eigenvalue weighted by Crippen LogP contribution is 2.64. The number of carbonyl (C=O) groups is 1. The Kier molecular flexibility index (Phi) is 5.03. The minimum atomic E-state index is 0.0834. The maximum Gasteiger partial charge on any atom is 0.227 e. The third-order valence-corrected chi connectivity index (χ3v) is 10.3. The standard InChI is InChI=1S/C18H21Cl2NOS2/c19-14-5-2-6-15(20)16(14)21-17(22)11-9-12-3-1-4-13(10-11)18(12)23-7-8-24-18/h2,5-6,11-13H,1,3-4,7-10H2,(H,21,22). The van der Waals surface area contributed by atoms with E-state index >= 15 is 0 Å². The van der Waals surface area contributed by atoms with Crippen LogP contribution >= 0.6 is 46.7 Å². The van der Waals surface area contributed by atoms with Gasteiger partial charge in [-0.05, 0) is 49.7 Å². The Hall–Kier alpha value is -0.0300. The average molecular weight is 402 g/mol. The molecule has 2 aliphatic carbocycles. The molecule has 3 aliphatic rings. The van der Waals surface area contributed by atoms with E-state index in [1.165, 1.54) is 30.8 Å². The van der Waals surface area contributed by atoms with Gasteiger partial charge in [-0.15, -0.1) is 23.5 Å². The van der Waals surface area contributed by atoms with E-state index in [1.807, 2.05) is 0 Å². The molecule has 1 amide bonds. The van der Waals surface area contributed by atoms with Crippen molar-refractivity contribution in [2.45, 2.75) is 36.2 Å². The lowest BCUT2D eigenvalue weighted by atomic mass is 9.67. The first-order valence-corrected chi connectivity index (χ1v) is 11.4. The van der Waals surface area contributed by atoms with Crippen LogP contribution in [0.2, 0.25) is 10.0 Å². The van der Waals surface area contributed by atoms with E-state index in [0.717, 1.165) is 12.8 Å². The summed E-state index contributed by atoms with van der Waals surface area (Å²) in [6.45, 7) is 0. The number of anilines is 1. The molecule has 0 radical (unpaired) electrons. The average Bonchev–Trinajstić information content (AvgIpc) is 3.00.